The van der Waals surface area contributed by atoms with Crippen LogP contribution in [0.25, 0.3) is 0 Å². The van der Waals surface area contributed by atoms with E-state index in [1.54, 1.807) is 12.1 Å². The molecule has 1 aromatic rings. The first-order valence-electron chi connectivity index (χ1n) is 11.3. The van der Waals surface area contributed by atoms with Crippen LogP contribution < -0.4 is 0 Å². The molecule has 2 saturated heterocycles. The molecule has 1 saturated carbocycles. The Morgan fingerprint density at radius 3 is 2.37 bits per heavy atom. The first-order chi connectivity index (χ1) is 14.4. The predicted molar refractivity (Wildman–Crippen MR) is 115 cm³/mol. The highest BCUT2D eigenvalue weighted by molar-refractivity contribution is 7.89. The molecule has 1 aliphatic carbocycles. The van der Waals surface area contributed by atoms with Crippen molar-refractivity contribution in [2.75, 3.05) is 19.6 Å². The summed E-state index contributed by atoms with van der Waals surface area (Å²) < 4.78 is 27.6. The summed E-state index contributed by atoms with van der Waals surface area (Å²) in [6, 6.07) is 6.62. The van der Waals surface area contributed by atoms with E-state index < -0.39 is 10.0 Å². The molecule has 164 valence electrons. The molecule has 1 amide bonds. The number of Topliss-reactive ketones (excluding diaryl/α,β-unsaturated/α-hetero) is 1. The summed E-state index contributed by atoms with van der Waals surface area (Å²) in [4.78, 5) is 27.2. The highest BCUT2D eigenvalue weighted by Gasteiger charge is 2.40. The second kappa shape index (κ2) is 8.79. The molecule has 6 nitrogen and oxygen atoms in total. The van der Waals surface area contributed by atoms with Crippen molar-refractivity contribution in [1.82, 2.24) is 9.21 Å². The zero-order chi connectivity index (χ0) is 21.3. The van der Waals surface area contributed by atoms with Crippen molar-refractivity contribution in [3.05, 3.63) is 29.8 Å². The molecule has 1 aromatic carbocycles. The van der Waals surface area contributed by atoms with Gasteiger partial charge in [-0.3, -0.25) is 9.59 Å². The van der Waals surface area contributed by atoms with Gasteiger partial charge in [-0.05, 0) is 63.5 Å². The third-order valence-corrected chi connectivity index (χ3v) is 9.10. The Labute approximate surface area is 179 Å². The number of carbonyl (C=O) groups is 2. The zero-order valence-electron chi connectivity index (χ0n) is 17.8. The lowest BCUT2D eigenvalue weighted by Crippen LogP contribution is -2.53. The van der Waals surface area contributed by atoms with E-state index in [1.807, 2.05) is 0 Å². The number of fused-ring (bicyclic) bond motifs is 1. The maximum Gasteiger partial charge on any atom is 0.243 e. The summed E-state index contributed by atoms with van der Waals surface area (Å²) in [5, 5.41) is 0. The monoisotopic (exact) mass is 432 g/mol. The number of benzene rings is 1. The minimum atomic E-state index is -3.65. The Morgan fingerprint density at radius 2 is 1.63 bits per heavy atom. The van der Waals surface area contributed by atoms with Crippen molar-refractivity contribution in [3.8, 4) is 0 Å². The van der Waals surface area contributed by atoms with E-state index >= 15 is 0 Å². The summed E-state index contributed by atoms with van der Waals surface area (Å²) in [5.41, 5.74) is 0.397. The van der Waals surface area contributed by atoms with Gasteiger partial charge in [-0.25, -0.2) is 8.42 Å². The molecule has 2 heterocycles. The van der Waals surface area contributed by atoms with Gasteiger partial charge in [-0.1, -0.05) is 25.0 Å². The molecular formula is C23H32N2O4S. The van der Waals surface area contributed by atoms with E-state index in [-0.39, 0.29) is 22.5 Å². The molecule has 7 heteroatoms. The van der Waals surface area contributed by atoms with Crippen molar-refractivity contribution in [2.24, 2.45) is 11.8 Å². The van der Waals surface area contributed by atoms with Gasteiger partial charge in [0.15, 0.2) is 5.78 Å². The van der Waals surface area contributed by atoms with E-state index in [0.29, 0.717) is 43.5 Å². The molecule has 0 spiro atoms. The summed E-state index contributed by atoms with van der Waals surface area (Å²) in [6.07, 6.45) is 8.32. The average Bonchev–Trinajstić information content (AvgIpc) is 2.78. The fourth-order valence-electron chi connectivity index (χ4n) is 5.50. The fourth-order valence-corrected chi connectivity index (χ4v) is 7.02. The SMILES string of the molecule is CC(=O)c1cccc(S(=O)(=O)N2CCC(C(=O)N3CCCC4CCCCC43)CC2)c1. The number of amides is 1. The summed E-state index contributed by atoms with van der Waals surface area (Å²) in [6.45, 7) is 2.99. The minimum absolute atomic E-state index is 0.0827. The van der Waals surface area contributed by atoms with Gasteiger partial charge in [0.05, 0.1) is 4.90 Å². The molecule has 0 bridgehead atoms. The molecule has 2 aliphatic heterocycles. The van der Waals surface area contributed by atoms with Crippen LogP contribution in [0.5, 0.6) is 0 Å². The third-order valence-electron chi connectivity index (χ3n) is 7.21. The topological polar surface area (TPSA) is 74.8 Å². The van der Waals surface area contributed by atoms with Crippen LogP contribution in [-0.2, 0) is 14.8 Å². The molecule has 3 fully saturated rings. The number of carbonyl (C=O) groups excluding carboxylic acids is 2. The van der Waals surface area contributed by atoms with Crippen LogP contribution in [0.2, 0.25) is 0 Å². The molecule has 0 radical (unpaired) electrons. The highest BCUT2D eigenvalue weighted by Crippen LogP contribution is 2.37. The molecule has 2 atom stereocenters. The summed E-state index contributed by atoms with van der Waals surface area (Å²) >= 11 is 0. The lowest BCUT2D eigenvalue weighted by molar-refractivity contribution is -0.143. The number of nitrogens with zero attached hydrogens (tertiary/aromatic N) is 2. The number of hydrogen-bond acceptors (Lipinski definition) is 4. The third kappa shape index (κ3) is 4.19. The largest absolute Gasteiger partial charge is 0.339 e. The van der Waals surface area contributed by atoms with Gasteiger partial charge in [-0.2, -0.15) is 4.31 Å². The smallest absolute Gasteiger partial charge is 0.243 e. The number of likely N-dealkylation sites (tertiary alicyclic amines) is 1. The fraction of sp³-hybridized carbons (Fsp3) is 0.652. The highest BCUT2D eigenvalue weighted by atomic mass is 32.2. The quantitative estimate of drug-likeness (QED) is 0.683. The Bertz CT molecular complexity index is 904. The Kier molecular flexibility index (Phi) is 6.30. The van der Waals surface area contributed by atoms with Crippen LogP contribution in [0, 0.1) is 11.8 Å². The van der Waals surface area contributed by atoms with Crippen LogP contribution in [0.1, 0.15) is 68.6 Å². The Morgan fingerprint density at radius 1 is 0.933 bits per heavy atom. The Balaban J connectivity index is 1.41. The number of rotatable bonds is 4. The second-order valence-corrected chi connectivity index (χ2v) is 11.0. The van der Waals surface area contributed by atoms with E-state index in [0.717, 1.165) is 19.4 Å². The second-order valence-electron chi connectivity index (χ2n) is 9.05. The summed E-state index contributed by atoms with van der Waals surface area (Å²) in [7, 11) is -3.65. The van der Waals surface area contributed by atoms with Crippen LogP contribution in [0.3, 0.4) is 0 Å². The summed E-state index contributed by atoms with van der Waals surface area (Å²) in [5.74, 6) is 0.660. The average molecular weight is 433 g/mol. The molecular weight excluding hydrogens is 400 g/mol. The molecule has 0 N–H and O–H groups in total. The van der Waals surface area contributed by atoms with E-state index in [1.165, 1.54) is 49.0 Å². The van der Waals surface area contributed by atoms with Crippen molar-refractivity contribution in [1.29, 1.82) is 0 Å². The molecule has 30 heavy (non-hydrogen) atoms. The van der Waals surface area contributed by atoms with Crippen LogP contribution >= 0.6 is 0 Å². The Hall–Kier alpha value is -1.73. The normalized spacial score (nSPS) is 26.2. The van der Waals surface area contributed by atoms with E-state index in [2.05, 4.69) is 4.90 Å². The predicted octanol–water partition coefficient (Wildman–Crippen LogP) is 3.47. The van der Waals surface area contributed by atoms with Crippen LogP contribution in [-0.4, -0.2) is 55.0 Å². The number of piperidine rings is 2. The molecule has 3 aliphatic rings. The first-order valence-corrected chi connectivity index (χ1v) is 12.7. The number of ketones is 1. The maximum absolute atomic E-state index is 13.3. The number of sulfonamides is 1. The van der Waals surface area contributed by atoms with Gasteiger partial charge in [0.2, 0.25) is 15.9 Å². The lowest BCUT2D eigenvalue weighted by Gasteiger charge is -2.46. The minimum Gasteiger partial charge on any atom is -0.339 e. The molecule has 0 aromatic heterocycles. The van der Waals surface area contributed by atoms with Crippen molar-refractivity contribution in [2.45, 2.75) is 69.2 Å². The van der Waals surface area contributed by atoms with Crippen molar-refractivity contribution < 1.29 is 18.0 Å². The first kappa shape index (κ1) is 21.5. The van der Waals surface area contributed by atoms with Gasteiger partial charge < -0.3 is 4.90 Å². The molecule has 2 unspecified atom stereocenters. The van der Waals surface area contributed by atoms with Gasteiger partial charge >= 0.3 is 0 Å². The van der Waals surface area contributed by atoms with Crippen LogP contribution in [0.4, 0.5) is 0 Å². The van der Waals surface area contributed by atoms with E-state index in [9.17, 15) is 18.0 Å². The molecule has 4 rings (SSSR count). The van der Waals surface area contributed by atoms with Crippen molar-refractivity contribution >= 4 is 21.7 Å². The maximum atomic E-state index is 13.3. The number of hydrogen-bond donors (Lipinski definition) is 0. The van der Waals surface area contributed by atoms with Crippen molar-refractivity contribution in [3.63, 3.8) is 0 Å². The van der Waals surface area contributed by atoms with Gasteiger partial charge in [0.1, 0.15) is 0 Å². The van der Waals surface area contributed by atoms with Gasteiger partial charge in [0.25, 0.3) is 0 Å². The van der Waals surface area contributed by atoms with Gasteiger partial charge in [-0.15, -0.1) is 0 Å². The standard InChI is InChI=1S/C23H32N2O4S/c1-17(26)20-7-4-9-21(16-20)30(28,29)24-14-11-19(12-15-24)23(27)25-13-5-8-18-6-2-3-10-22(18)25/h4,7,9,16,18-19,22H,2-3,5-6,8,10-15H2,1H3. The van der Waals surface area contributed by atoms with Crippen LogP contribution in [0.15, 0.2) is 29.2 Å². The van der Waals surface area contributed by atoms with Gasteiger partial charge in [0, 0.05) is 37.2 Å². The zero-order valence-corrected chi connectivity index (χ0v) is 18.6. The van der Waals surface area contributed by atoms with E-state index in [4.69, 9.17) is 0 Å². The lowest BCUT2D eigenvalue weighted by atomic mass is 9.77.